The molecule has 0 aliphatic rings. The lowest BCUT2D eigenvalue weighted by atomic mass is 10.0. The Morgan fingerprint density at radius 2 is 1.67 bits per heavy atom. The number of hydrogen-bond donors (Lipinski definition) is 1. The third-order valence-corrected chi connectivity index (χ3v) is 8.86. The Bertz CT molecular complexity index is 1470. The van der Waals surface area contributed by atoms with E-state index in [-0.39, 0.29) is 37.7 Å². The van der Waals surface area contributed by atoms with Gasteiger partial charge in [0.25, 0.3) is 0 Å². The van der Waals surface area contributed by atoms with E-state index >= 15 is 0 Å². The second kappa shape index (κ2) is 16.5. The van der Waals surface area contributed by atoms with E-state index in [9.17, 15) is 18.0 Å². The topological polar surface area (TPSA) is 96.0 Å². The number of carbonyl (C=O) groups excluding carboxylic acids is 2. The van der Waals surface area contributed by atoms with Crippen molar-refractivity contribution in [2.45, 2.75) is 51.6 Å². The molecule has 3 aromatic carbocycles. The number of methoxy groups -OCH3 is 1. The number of ether oxygens (including phenoxy) is 1. The summed E-state index contributed by atoms with van der Waals surface area (Å²) in [5.74, 6) is -0.00976. The number of rotatable bonds is 16. The minimum atomic E-state index is -3.64. The van der Waals surface area contributed by atoms with Gasteiger partial charge in [0, 0.05) is 38.5 Å². The first kappa shape index (κ1) is 34.2. The molecule has 0 saturated heterocycles. The summed E-state index contributed by atoms with van der Waals surface area (Å²) in [5.41, 5.74) is 2.07. The van der Waals surface area contributed by atoms with Gasteiger partial charge in [-0.15, -0.1) is 0 Å². The summed E-state index contributed by atoms with van der Waals surface area (Å²) in [4.78, 5) is 29.1. The highest BCUT2D eigenvalue weighted by atomic mass is 35.5. The van der Waals surface area contributed by atoms with E-state index in [0.29, 0.717) is 34.4 Å². The van der Waals surface area contributed by atoms with Crippen molar-refractivity contribution in [3.63, 3.8) is 0 Å². The Kier molecular flexibility index (Phi) is 13.2. The monoisotopic (exact) mass is 647 g/mol. The van der Waals surface area contributed by atoms with Crippen LogP contribution in [0.3, 0.4) is 0 Å². The molecule has 0 bridgehead atoms. The average Bonchev–Trinajstić information content (AvgIpc) is 2.98. The molecule has 0 spiro atoms. The number of amides is 2. The van der Waals surface area contributed by atoms with Crippen LogP contribution in [0.1, 0.15) is 43.7 Å². The van der Waals surface area contributed by atoms with E-state index in [1.165, 1.54) is 11.4 Å². The zero-order valence-electron chi connectivity index (χ0n) is 24.8. The number of hydrogen-bond acceptors (Lipinski definition) is 5. The number of halogens is 2. The summed E-state index contributed by atoms with van der Waals surface area (Å²) in [5, 5.41) is 3.73. The predicted octanol–water partition coefficient (Wildman–Crippen LogP) is 6.10. The summed E-state index contributed by atoms with van der Waals surface area (Å²) >= 11 is 12.4. The van der Waals surface area contributed by atoms with Crippen molar-refractivity contribution < 1.29 is 22.7 Å². The van der Waals surface area contributed by atoms with Crippen molar-refractivity contribution in [3.8, 4) is 5.75 Å². The van der Waals surface area contributed by atoms with Crippen molar-refractivity contribution in [3.05, 3.63) is 94.0 Å². The molecule has 1 N–H and O–H groups in total. The van der Waals surface area contributed by atoms with E-state index < -0.39 is 16.1 Å². The first-order valence-corrected chi connectivity index (χ1v) is 16.8. The van der Waals surface area contributed by atoms with Gasteiger partial charge in [0.05, 0.1) is 29.1 Å². The summed E-state index contributed by atoms with van der Waals surface area (Å²) in [6, 6.07) is 20.6. The molecule has 0 unspecified atom stereocenters. The lowest BCUT2D eigenvalue weighted by molar-refractivity contribution is -0.141. The summed E-state index contributed by atoms with van der Waals surface area (Å²) in [6.45, 7) is 2.74. The first-order chi connectivity index (χ1) is 20.5. The standard InChI is InChI=1S/C32H39Cl2N3O5S/c1-4-5-18-35-32(39)30(21-24-11-7-6-8-12-24)36(23-25-16-17-28(33)29(34)20-25)31(38)15-10-19-37(43(3,40)41)26-13-9-14-27(22-26)42-2/h6-9,11-14,16-17,20,22,30H,4-5,10,15,18-19,21,23H2,1-3H3,(H,35,39)/t30-/m1/s1. The Morgan fingerprint density at radius 3 is 2.33 bits per heavy atom. The van der Waals surface area contributed by atoms with Crippen molar-refractivity contribution in [1.29, 1.82) is 0 Å². The maximum absolute atomic E-state index is 13.9. The minimum Gasteiger partial charge on any atom is -0.497 e. The summed E-state index contributed by atoms with van der Waals surface area (Å²) in [7, 11) is -2.13. The van der Waals surface area contributed by atoms with Gasteiger partial charge in [-0.25, -0.2) is 8.42 Å². The molecule has 0 aliphatic heterocycles. The van der Waals surface area contributed by atoms with Crippen LogP contribution in [0.2, 0.25) is 10.0 Å². The van der Waals surface area contributed by atoms with Crippen LogP contribution in [-0.2, 0) is 32.6 Å². The van der Waals surface area contributed by atoms with Crippen molar-refractivity contribution in [2.24, 2.45) is 0 Å². The third kappa shape index (κ3) is 10.4. The van der Waals surface area contributed by atoms with Crippen LogP contribution in [0.25, 0.3) is 0 Å². The quantitative estimate of drug-likeness (QED) is 0.189. The highest BCUT2D eigenvalue weighted by molar-refractivity contribution is 7.92. The molecule has 2 amide bonds. The van der Waals surface area contributed by atoms with Crippen LogP contribution in [0.4, 0.5) is 5.69 Å². The number of unbranched alkanes of at least 4 members (excludes halogenated alkanes) is 1. The predicted molar refractivity (Wildman–Crippen MR) is 173 cm³/mol. The molecule has 3 rings (SSSR count). The van der Waals surface area contributed by atoms with E-state index in [1.807, 2.05) is 37.3 Å². The zero-order valence-corrected chi connectivity index (χ0v) is 27.1. The average molecular weight is 649 g/mol. The van der Waals surface area contributed by atoms with E-state index in [1.54, 1.807) is 47.4 Å². The molecule has 0 saturated carbocycles. The molecule has 0 aliphatic carbocycles. The van der Waals surface area contributed by atoms with Gasteiger partial charge in [-0.1, -0.05) is 79.0 Å². The Balaban J connectivity index is 1.89. The molecule has 232 valence electrons. The van der Waals surface area contributed by atoms with Gasteiger partial charge in [-0.05, 0) is 48.2 Å². The Morgan fingerprint density at radius 1 is 0.930 bits per heavy atom. The van der Waals surface area contributed by atoms with Crippen molar-refractivity contribution in [1.82, 2.24) is 10.2 Å². The zero-order chi connectivity index (χ0) is 31.4. The SMILES string of the molecule is CCCCNC(=O)[C@@H](Cc1ccccc1)N(Cc1ccc(Cl)c(Cl)c1)C(=O)CCCN(c1cccc(OC)c1)S(C)(=O)=O. The second-order valence-electron chi connectivity index (χ2n) is 10.3. The molecule has 0 heterocycles. The Labute approximate surface area is 265 Å². The van der Waals surface area contributed by atoms with Gasteiger partial charge >= 0.3 is 0 Å². The van der Waals surface area contributed by atoms with Crippen LogP contribution >= 0.6 is 23.2 Å². The van der Waals surface area contributed by atoms with Gasteiger partial charge in [-0.2, -0.15) is 0 Å². The Hall–Kier alpha value is -3.27. The molecule has 0 radical (unpaired) electrons. The number of nitrogens with one attached hydrogen (secondary N) is 1. The largest absolute Gasteiger partial charge is 0.497 e. The van der Waals surface area contributed by atoms with Gasteiger partial charge in [0.1, 0.15) is 11.8 Å². The van der Waals surface area contributed by atoms with Crippen molar-refractivity contribution in [2.75, 3.05) is 30.8 Å². The van der Waals surface area contributed by atoms with E-state index in [2.05, 4.69) is 5.32 Å². The van der Waals surface area contributed by atoms with Gasteiger partial charge in [0.15, 0.2) is 0 Å². The molecule has 1 atom stereocenters. The lowest BCUT2D eigenvalue weighted by Crippen LogP contribution is -2.50. The number of sulfonamides is 1. The normalized spacial score (nSPS) is 11.9. The number of nitrogens with zero attached hydrogens (tertiary/aromatic N) is 2. The van der Waals surface area contributed by atoms with Crippen LogP contribution in [-0.4, -0.2) is 57.6 Å². The maximum Gasteiger partial charge on any atom is 0.243 e. The fraction of sp³-hybridized carbons (Fsp3) is 0.375. The second-order valence-corrected chi connectivity index (χ2v) is 13.0. The first-order valence-electron chi connectivity index (χ1n) is 14.2. The highest BCUT2D eigenvalue weighted by Crippen LogP contribution is 2.26. The summed E-state index contributed by atoms with van der Waals surface area (Å²) < 4.78 is 31.9. The molecule has 0 fully saturated rings. The van der Waals surface area contributed by atoms with E-state index in [0.717, 1.165) is 30.2 Å². The van der Waals surface area contributed by atoms with Gasteiger partial charge in [-0.3, -0.25) is 13.9 Å². The number of carbonyl (C=O) groups is 2. The molecule has 0 aromatic heterocycles. The van der Waals surface area contributed by atoms with Gasteiger partial charge < -0.3 is 15.0 Å². The molecular formula is C32H39Cl2N3O5S. The van der Waals surface area contributed by atoms with Crippen molar-refractivity contribution >= 4 is 50.7 Å². The minimum absolute atomic E-state index is 0.0187. The van der Waals surface area contributed by atoms with Crippen LogP contribution in [0, 0.1) is 0 Å². The summed E-state index contributed by atoms with van der Waals surface area (Å²) in [6.07, 6.45) is 3.42. The third-order valence-electron chi connectivity index (χ3n) is 6.93. The van der Waals surface area contributed by atoms with Crippen LogP contribution < -0.4 is 14.4 Å². The maximum atomic E-state index is 13.9. The molecule has 3 aromatic rings. The van der Waals surface area contributed by atoms with E-state index in [4.69, 9.17) is 27.9 Å². The van der Waals surface area contributed by atoms with Crippen LogP contribution in [0.5, 0.6) is 5.75 Å². The number of benzene rings is 3. The fourth-order valence-corrected chi connectivity index (χ4v) is 5.94. The van der Waals surface area contributed by atoms with Crippen LogP contribution in [0.15, 0.2) is 72.8 Å². The highest BCUT2D eigenvalue weighted by Gasteiger charge is 2.30. The smallest absolute Gasteiger partial charge is 0.243 e. The molecule has 8 nitrogen and oxygen atoms in total. The lowest BCUT2D eigenvalue weighted by Gasteiger charge is -2.32. The molecular weight excluding hydrogens is 609 g/mol. The molecule has 43 heavy (non-hydrogen) atoms. The fourth-order valence-electron chi connectivity index (χ4n) is 4.66. The molecule has 11 heteroatoms. The van der Waals surface area contributed by atoms with Gasteiger partial charge in [0.2, 0.25) is 21.8 Å². The number of anilines is 1.